The van der Waals surface area contributed by atoms with E-state index in [0.29, 0.717) is 5.56 Å². The van der Waals surface area contributed by atoms with Crippen molar-refractivity contribution in [1.82, 2.24) is 0 Å². The molecule has 1 aromatic rings. The Morgan fingerprint density at radius 3 is 2.30 bits per heavy atom. The van der Waals surface area contributed by atoms with Gasteiger partial charge in [0.25, 0.3) is 0 Å². The van der Waals surface area contributed by atoms with Gasteiger partial charge in [-0.1, -0.05) is 12.1 Å². The molecule has 20 heavy (non-hydrogen) atoms. The number of hydrogen-bond donors (Lipinski definition) is 4. The third-order valence-corrected chi connectivity index (χ3v) is 2.74. The molecular formula is C13H16O7. The number of rotatable bonds is 6. The summed E-state index contributed by atoms with van der Waals surface area (Å²) < 4.78 is 4.50. The maximum Gasteiger partial charge on any atom is 0.339 e. The van der Waals surface area contributed by atoms with Crippen LogP contribution in [0.1, 0.15) is 12.5 Å². The Morgan fingerprint density at radius 2 is 1.85 bits per heavy atom. The number of carboxylic acids is 1. The fourth-order valence-corrected chi connectivity index (χ4v) is 1.63. The molecule has 1 rings (SSSR count). The minimum Gasteiger partial charge on any atom is -0.508 e. The van der Waals surface area contributed by atoms with Crippen molar-refractivity contribution in [3.8, 4) is 5.75 Å². The second-order valence-corrected chi connectivity index (χ2v) is 4.23. The number of benzene rings is 1. The van der Waals surface area contributed by atoms with Crippen LogP contribution in [0, 0.1) is 0 Å². The standard InChI is InChI=1S/C13H16O7/c1-2-20-11(16)10(15)13(19,12(17)18)7-8-3-5-9(14)6-4-8/h3-6,10,14-15,19H,2,7H2,1H3,(H,17,18)/t10-,13+/m0/s1. The van der Waals surface area contributed by atoms with E-state index in [-0.39, 0.29) is 12.4 Å². The molecular weight excluding hydrogens is 268 g/mol. The van der Waals surface area contributed by atoms with Gasteiger partial charge in [0.1, 0.15) is 5.75 Å². The Kier molecular flexibility index (Phi) is 5.06. The molecule has 1 aromatic carbocycles. The van der Waals surface area contributed by atoms with Crippen molar-refractivity contribution in [3.05, 3.63) is 29.8 Å². The van der Waals surface area contributed by atoms with Crippen LogP contribution < -0.4 is 0 Å². The summed E-state index contributed by atoms with van der Waals surface area (Å²) >= 11 is 0. The molecule has 0 aliphatic heterocycles. The summed E-state index contributed by atoms with van der Waals surface area (Å²) in [4.78, 5) is 22.6. The van der Waals surface area contributed by atoms with E-state index in [1.54, 1.807) is 0 Å². The van der Waals surface area contributed by atoms with Crippen molar-refractivity contribution < 1.29 is 34.8 Å². The van der Waals surface area contributed by atoms with E-state index in [9.17, 15) is 19.8 Å². The molecule has 0 bridgehead atoms. The first-order chi connectivity index (χ1) is 9.31. The van der Waals surface area contributed by atoms with Crippen molar-refractivity contribution in [1.29, 1.82) is 0 Å². The largest absolute Gasteiger partial charge is 0.508 e. The van der Waals surface area contributed by atoms with Gasteiger partial charge in [-0.15, -0.1) is 0 Å². The number of aliphatic hydroxyl groups excluding tert-OH is 1. The number of hydrogen-bond acceptors (Lipinski definition) is 6. The van der Waals surface area contributed by atoms with E-state index < -0.39 is 30.1 Å². The van der Waals surface area contributed by atoms with Gasteiger partial charge in [-0.2, -0.15) is 0 Å². The van der Waals surface area contributed by atoms with Gasteiger partial charge in [0.05, 0.1) is 6.61 Å². The van der Waals surface area contributed by atoms with Crippen LogP contribution in [0.3, 0.4) is 0 Å². The molecule has 7 heteroatoms. The van der Waals surface area contributed by atoms with E-state index in [0.717, 1.165) is 0 Å². The lowest BCUT2D eigenvalue weighted by Crippen LogP contribution is -2.55. The Bertz CT molecular complexity index is 482. The quantitative estimate of drug-likeness (QED) is 0.527. The summed E-state index contributed by atoms with van der Waals surface area (Å²) in [7, 11) is 0. The SMILES string of the molecule is CCOC(=O)[C@H](O)[C@](O)(Cc1ccc(O)cc1)C(=O)O. The maximum absolute atomic E-state index is 11.4. The molecule has 0 spiro atoms. The first kappa shape index (κ1) is 15.9. The smallest absolute Gasteiger partial charge is 0.339 e. The second kappa shape index (κ2) is 6.36. The molecule has 0 saturated heterocycles. The summed E-state index contributed by atoms with van der Waals surface area (Å²) in [5.41, 5.74) is -2.38. The van der Waals surface area contributed by atoms with Gasteiger partial charge in [-0.05, 0) is 24.6 Å². The Morgan fingerprint density at radius 1 is 1.30 bits per heavy atom. The van der Waals surface area contributed by atoms with Crippen molar-refractivity contribution in [2.24, 2.45) is 0 Å². The monoisotopic (exact) mass is 284 g/mol. The van der Waals surface area contributed by atoms with Gasteiger partial charge in [0, 0.05) is 6.42 Å². The number of phenolic OH excluding ortho intramolecular Hbond substituents is 1. The molecule has 0 radical (unpaired) electrons. The molecule has 110 valence electrons. The van der Waals surface area contributed by atoms with Gasteiger partial charge < -0.3 is 25.2 Å². The van der Waals surface area contributed by atoms with Crippen molar-refractivity contribution in [3.63, 3.8) is 0 Å². The first-order valence-corrected chi connectivity index (χ1v) is 5.89. The lowest BCUT2D eigenvalue weighted by molar-refractivity contribution is -0.186. The zero-order chi connectivity index (χ0) is 15.3. The average molecular weight is 284 g/mol. The van der Waals surface area contributed by atoms with Crippen molar-refractivity contribution >= 4 is 11.9 Å². The highest BCUT2D eigenvalue weighted by atomic mass is 16.6. The fraction of sp³-hybridized carbons (Fsp3) is 0.385. The van der Waals surface area contributed by atoms with E-state index in [1.165, 1.54) is 31.2 Å². The van der Waals surface area contributed by atoms with Crippen LogP contribution in [0.15, 0.2) is 24.3 Å². The van der Waals surface area contributed by atoms with Crippen LogP contribution >= 0.6 is 0 Å². The lowest BCUT2D eigenvalue weighted by Gasteiger charge is -2.27. The van der Waals surface area contributed by atoms with Gasteiger partial charge in [-0.25, -0.2) is 9.59 Å². The molecule has 0 aliphatic rings. The molecule has 4 N–H and O–H groups in total. The topological polar surface area (TPSA) is 124 Å². The van der Waals surface area contributed by atoms with E-state index in [2.05, 4.69) is 4.74 Å². The van der Waals surface area contributed by atoms with Crippen LogP contribution in [0.2, 0.25) is 0 Å². The molecule has 0 aliphatic carbocycles. The molecule has 0 saturated carbocycles. The van der Waals surface area contributed by atoms with Crippen LogP contribution in [-0.4, -0.2) is 50.7 Å². The summed E-state index contributed by atoms with van der Waals surface area (Å²) in [6.07, 6.45) is -2.73. The highest BCUT2D eigenvalue weighted by molar-refractivity contribution is 5.88. The molecule has 0 fully saturated rings. The minimum absolute atomic E-state index is 0.0291. The molecule has 0 heterocycles. The van der Waals surface area contributed by atoms with E-state index >= 15 is 0 Å². The zero-order valence-electron chi connectivity index (χ0n) is 10.8. The first-order valence-electron chi connectivity index (χ1n) is 5.89. The number of aliphatic hydroxyl groups is 2. The third kappa shape index (κ3) is 3.46. The number of phenols is 1. The van der Waals surface area contributed by atoms with Crippen LogP contribution in [0.4, 0.5) is 0 Å². The number of ether oxygens (including phenoxy) is 1. The highest BCUT2D eigenvalue weighted by Gasteiger charge is 2.48. The molecule has 0 aromatic heterocycles. The second-order valence-electron chi connectivity index (χ2n) is 4.23. The third-order valence-electron chi connectivity index (χ3n) is 2.74. The number of carboxylic acid groups (broad SMARTS) is 1. The van der Waals surface area contributed by atoms with Gasteiger partial charge in [-0.3, -0.25) is 0 Å². The summed E-state index contributed by atoms with van der Waals surface area (Å²) in [5.74, 6) is -2.99. The summed E-state index contributed by atoms with van der Waals surface area (Å²) in [6, 6.07) is 5.35. The van der Waals surface area contributed by atoms with Gasteiger partial charge in [0.2, 0.25) is 5.60 Å². The Balaban J connectivity index is 2.99. The highest BCUT2D eigenvalue weighted by Crippen LogP contribution is 2.21. The number of aliphatic carboxylic acids is 1. The summed E-state index contributed by atoms with van der Waals surface area (Å²) in [5, 5.41) is 38.0. The predicted octanol–water partition coefficient (Wildman–Crippen LogP) is -0.326. The molecule has 2 atom stereocenters. The molecule has 7 nitrogen and oxygen atoms in total. The summed E-state index contributed by atoms with van der Waals surface area (Å²) in [6.45, 7) is 1.44. The van der Waals surface area contributed by atoms with Gasteiger partial charge >= 0.3 is 11.9 Å². The predicted molar refractivity (Wildman–Crippen MR) is 67.0 cm³/mol. The lowest BCUT2D eigenvalue weighted by atomic mass is 9.89. The van der Waals surface area contributed by atoms with Crippen LogP contribution in [-0.2, 0) is 20.7 Å². The van der Waals surface area contributed by atoms with E-state index in [4.69, 9.17) is 10.2 Å². The minimum atomic E-state index is -2.71. The number of carbonyl (C=O) groups excluding carboxylic acids is 1. The molecule has 0 amide bonds. The Labute approximate surface area is 115 Å². The van der Waals surface area contributed by atoms with Crippen LogP contribution in [0.5, 0.6) is 5.75 Å². The maximum atomic E-state index is 11.4. The normalized spacial score (nSPS) is 15.2. The van der Waals surface area contributed by atoms with Crippen LogP contribution in [0.25, 0.3) is 0 Å². The zero-order valence-corrected chi connectivity index (χ0v) is 10.8. The number of esters is 1. The van der Waals surface area contributed by atoms with Crippen molar-refractivity contribution in [2.75, 3.05) is 6.61 Å². The average Bonchev–Trinajstić information content (AvgIpc) is 2.40. The van der Waals surface area contributed by atoms with Gasteiger partial charge in [0.15, 0.2) is 6.10 Å². The number of aromatic hydroxyl groups is 1. The molecule has 0 unspecified atom stereocenters. The fourth-order valence-electron chi connectivity index (χ4n) is 1.63. The Hall–Kier alpha value is -2.12. The van der Waals surface area contributed by atoms with Crippen molar-refractivity contribution in [2.45, 2.75) is 25.0 Å². The number of carbonyl (C=O) groups is 2. The van der Waals surface area contributed by atoms with E-state index in [1.807, 2.05) is 0 Å².